The van der Waals surface area contributed by atoms with Crippen molar-refractivity contribution in [2.45, 2.75) is 43.4 Å². The third kappa shape index (κ3) is 3.66. The summed E-state index contributed by atoms with van der Waals surface area (Å²) in [6.45, 7) is 1.23. The average Bonchev–Trinajstić information content (AvgIpc) is 2.95. The van der Waals surface area contributed by atoms with Crippen LogP contribution in [0.15, 0.2) is 30.5 Å². The zero-order chi connectivity index (χ0) is 24.1. The van der Waals surface area contributed by atoms with Gasteiger partial charge in [-0.25, -0.2) is 9.37 Å². The number of alkyl halides is 3. The van der Waals surface area contributed by atoms with Crippen LogP contribution in [0.25, 0.3) is 0 Å². The molecule has 1 unspecified atom stereocenters. The van der Waals surface area contributed by atoms with Crippen LogP contribution >= 0.6 is 12.6 Å². The molecule has 1 saturated heterocycles. The standard InChI is InChI=1S/C21H17F4N5O2S/c1-11(31)28-16-4-3-12(8-15(16)22)30-19(33)29(18(32)20(30)5-2-6-20)13-7-14(21(23,24)25)17(9-26)27-10-13/h3-4,7-8,10,19,33H,2,5-6H2,1H3,(H,28,31). The summed E-state index contributed by atoms with van der Waals surface area (Å²) >= 11 is 4.50. The summed E-state index contributed by atoms with van der Waals surface area (Å²) in [6, 6.07) is 6.10. The van der Waals surface area contributed by atoms with E-state index >= 15 is 0 Å². The molecule has 2 heterocycles. The SMILES string of the molecule is CC(=O)Nc1ccc(N2C(S)N(c3cnc(C#N)c(C(F)(F)F)c3)C(=O)C23CCC3)cc1F. The fourth-order valence-corrected chi connectivity index (χ4v) is 4.79. The van der Waals surface area contributed by atoms with Crippen molar-refractivity contribution in [3.63, 3.8) is 0 Å². The van der Waals surface area contributed by atoms with Crippen molar-refractivity contribution in [1.29, 1.82) is 5.26 Å². The Hall–Kier alpha value is -3.33. The number of carbonyl (C=O) groups is 2. The number of carbonyl (C=O) groups excluding carboxylic acids is 2. The van der Waals surface area contributed by atoms with Crippen LogP contribution in [0.1, 0.15) is 37.4 Å². The van der Waals surface area contributed by atoms with Crippen molar-refractivity contribution in [3.05, 3.63) is 47.5 Å². The zero-order valence-electron chi connectivity index (χ0n) is 17.1. The highest BCUT2D eigenvalue weighted by molar-refractivity contribution is 7.81. The molecule has 33 heavy (non-hydrogen) atoms. The van der Waals surface area contributed by atoms with E-state index in [1.54, 1.807) is 4.90 Å². The quantitative estimate of drug-likeness (QED) is 0.512. The van der Waals surface area contributed by atoms with Gasteiger partial charge in [-0.3, -0.25) is 14.5 Å². The molecule has 0 radical (unpaired) electrons. The fourth-order valence-electron chi connectivity index (χ4n) is 4.20. The van der Waals surface area contributed by atoms with Gasteiger partial charge in [0.1, 0.15) is 17.4 Å². The van der Waals surface area contributed by atoms with E-state index in [0.717, 1.165) is 17.2 Å². The van der Waals surface area contributed by atoms with Crippen molar-refractivity contribution in [1.82, 2.24) is 4.98 Å². The maximum Gasteiger partial charge on any atom is 0.419 e. The molecule has 2 aliphatic rings. The molecular formula is C21H17F4N5O2S. The number of hydrogen-bond acceptors (Lipinski definition) is 6. The van der Waals surface area contributed by atoms with E-state index in [1.165, 1.54) is 25.1 Å². The second kappa shape index (κ2) is 7.91. The minimum absolute atomic E-state index is 0.0434. The highest BCUT2D eigenvalue weighted by atomic mass is 32.1. The number of amides is 2. The van der Waals surface area contributed by atoms with Crippen LogP contribution in [0.3, 0.4) is 0 Å². The Bertz CT molecular complexity index is 1190. The van der Waals surface area contributed by atoms with Gasteiger partial charge < -0.3 is 10.2 Å². The molecule has 1 aliphatic carbocycles. The Morgan fingerprint density at radius 2 is 2.00 bits per heavy atom. The van der Waals surface area contributed by atoms with Crippen molar-refractivity contribution >= 4 is 41.5 Å². The summed E-state index contributed by atoms with van der Waals surface area (Å²) in [7, 11) is 0. The lowest BCUT2D eigenvalue weighted by molar-refractivity contribution is -0.138. The van der Waals surface area contributed by atoms with E-state index in [0.29, 0.717) is 25.3 Å². The third-order valence-corrected chi connectivity index (χ3v) is 6.29. The Morgan fingerprint density at radius 1 is 1.30 bits per heavy atom. The minimum atomic E-state index is -4.85. The summed E-state index contributed by atoms with van der Waals surface area (Å²) in [6.07, 6.45) is -2.32. The number of thiol groups is 1. The molecule has 1 saturated carbocycles. The van der Waals surface area contributed by atoms with Crippen LogP contribution in [0.2, 0.25) is 0 Å². The number of rotatable bonds is 3. The second-order valence-corrected chi connectivity index (χ2v) is 8.28. The predicted octanol–water partition coefficient (Wildman–Crippen LogP) is 4.06. The van der Waals surface area contributed by atoms with Gasteiger partial charge in [0.15, 0.2) is 11.2 Å². The Morgan fingerprint density at radius 3 is 2.52 bits per heavy atom. The van der Waals surface area contributed by atoms with Gasteiger partial charge in [-0.15, -0.1) is 12.6 Å². The fraction of sp³-hybridized carbons (Fsp3) is 0.333. The minimum Gasteiger partial charge on any atom is -0.327 e. The molecule has 4 rings (SSSR count). The number of hydrogen-bond donors (Lipinski definition) is 2. The molecule has 2 aromatic rings. The van der Waals surface area contributed by atoms with Gasteiger partial charge in [-0.05, 0) is 43.5 Å². The Kier molecular flexibility index (Phi) is 5.48. The number of pyridine rings is 1. The molecule has 0 bridgehead atoms. The lowest BCUT2D eigenvalue weighted by Gasteiger charge is -2.44. The Balaban J connectivity index is 1.78. The maximum atomic E-state index is 14.6. The van der Waals surface area contributed by atoms with Crippen LogP contribution in [-0.2, 0) is 15.8 Å². The van der Waals surface area contributed by atoms with E-state index in [-0.39, 0.29) is 17.1 Å². The van der Waals surface area contributed by atoms with Crippen molar-refractivity contribution in [2.24, 2.45) is 0 Å². The third-order valence-electron chi connectivity index (χ3n) is 5.82. The van der Waals surface area contributed by atoms with E-state index in [9.17, 15) is 27.2 Å². The molecule has 12 heteroatoms. The van der Waals surface area contributed by atoms with Crippen LogP contribution in [-0.4, -0.2) is 27.8 Å². The zero-order valence-corrected chi connectivity index (χ0v) is 18.0. The summed E-state index contributed by atoms with van der Waals surface area (Å²) in [5, 5.41) is 11.3. The molecule has 1 N–H and O–H groups in total. The number of benzene rings is 1. The average molecular weight is 479 g/mol. The first kappa shape index (κ1) is 22.8. The van der Waals surface area contributed by atoms with Gasteiger partial charge in [0.2, 0.25) is 5.91 Å². The molecule has 1 aromatic carbocycles. The van der Waals surface area contributed by atoms with Crippen LogP contribution in [0.5, 0.6) is 0 Å². The van der Waals surface area contributed by atoms with E-state index in [1.807, 2.05) is 0 Å². The van der Waals surface area contributed by atoms with Crippen LogP contribution in [0.4, 0.5) is 34.6 Å². The summed E-state index contributed by atoms with van der Waals surface area (Å²) < 4.78 is 55.0. The first-order valence-electron chi connectivity index (χ1n) is 9.85. The highest BCUT2D eigenvalue weighted by Gasteiger charge is 2.60. The highest BCUT2D eigenvalue weighted by Crippen LogP contribution is 2.50. The molecule has 1 atom stereocenters. The lowest BCUT2D eigenvalue weighted by Crippen LogP contribution is -2.55. The summed E-state index contributed by atoms with van der Waals surface area (Å²) in [5.74, 6) is -1.68. The van der Waals surface area contributed by atoms with Crippen molar-refractivity contribution in [2.75, 3.05) is 15.1 Å². The second-order valence-electron chi connectivity index (χ2n) is 7.82. The molecular weight excluding hydrogens is 462 g/mol. The lowest BCUT2D eigenvalue weighted by atomic mass is 9.75. The number of nitrogens with one attached hydrogen (secondary N) is 1. The number of aromatic nitrogens is 1. The molecule has 1 aliphatic heterocycles. The summed E-state index contributed by atoms with van der Waals surface area (Å²) in [4.78, 5) is 30.9. The van der Waals surface area contributed by atoms with Crippen LogP contribution < -0.4 is 15.1 Å². The van der Waals surface area contributed by atoms with Gasteiger partial charge in [0, 0.05) is 12.6 Å². The smallest absolute Gasteiger partial charge is 0.327 e. The van der Waals surface area contributed by atoms with Gasteiger partial charge in [-0.2, -0.15) is 18.4 Å². The molecule has 7 nitrogen and oxygen atoms in total. The van der Waals surface area contributed by atoms with Gasteiger partial charge in [0.05, 0.1) is 23.1 Å². The van der Waals surface area contributed by atoms with E-state index < -0.39 is 46.1 Å². The topological polar surface area (TPSA) is 89.3 Å². The van der Waals surface area contributed by atoms with E-state index in [4.69, 9.17) is 5.26 Å². The number of anilines is 3. The Labute approximate surface area is 191 Å². The van der Waals surface area contributed by atoms with Crippen molar-refractivity contribution < 1.29 is 27.2 Å². The number of halogens is 4. The summed E-state index contributed by atoms with van der Waals surface area (Å²) in [5.41, 5.74) is -4.15. The largest absolute Gasteiger partial charge is 0.419 e. The molecule has 1 aromatic heterocycles. The number of nitriles is 1. The molecule has 1 spiro atoms. The first-order chi connectivity index (χ1) is 15.5. The first-order valence-corrected chi connectivity index (χ1v) is 10.4. The molecule has 2 amide bonds. The monoisotopic (exact) mass is 479 g/mol. The molecule has 2 fully saturated rings. The van der Waals surface area contributed by atoms with Gasteiger partial charge in [-0.1, -0.05) is 0 Å². The van der Waals surface area contributed by atoms with E-state index in [2.05, 4.69) is 22.9 Å². The normalized spacial score (nSPS) is 19.4. The predicted molar refractivity (Wildman–Crippen MR) is 114 cm³/mol. The van der Waals surface area contributed by atoms with Gasteiger partial charge in [0.25, 0.3) is 5.91 Å². The van der Waals surface area contributed by atoms with Gasteiger partial charge >= 0.3 is 6.18 Å². The van der Waals surface area contributed by atoms with Crippen LogP contribution in [0, 0.1) is 17.1 Å². The maximum absolute atomic E-state index is 14.6. The number of nitrogens with zero attached hydrogens (tertiary/aromatic N) is 4. The van der Waals surface area contributed by atoms with Crippen molar-refractivity contribution in [3.8, 4) is 6.07 Å². The molecule has 172 valence electrons.